The van der Waals surface area contributed by atoms with Gasteiger partial charge in [0, 0.05) is 45.9 Å². The Morgan fingerprint density at radius 3 is 2.14 bits per heavy atom. The van der Waals surface area contributed by atoms with Gasteiger partial charge in [0.2, 0.25) is 0 Å². The maximum atomic E-state index is 13.7. The van der Waals surface area contributed by atoms with Gasteiger partial charge in [-0.3, -0.25) is 14.6 Å². The molecule has 0 saturated carbocycles. The summed E-state index contributed by atoms with van der Waals surface area (Å²) in [6, 6.07) is 15.9. The molecule has 8 heteroatoms. The highest BCUT2D eigenvalue weighted by Crippen LogP contribution is 2.38. The molecule has 2 saturated heterocycles. The summed E-state index contributed by atoms with van der Waals surface area (Å²) in [6.07, 6.45) is 2.80. The Labute approximate surface area is 213 Å². The summed E-state index contributed by atoms with van der Waals surface area (Å²) in [7, 11) is 4.91. The molecule has 2 aromatic carbocycles. The van der Waals surface area contributed by atoms with Gasteiger partial charge in [0.1, 0.15) is 17.0 Å². The highest BCUT2D eigenvalue weighted by Gasteiger charge is 2.57. The smallest absolute Gasteiger partial charge is 0.327 e. The highest BCUT2D eigenvalue weighted by atomic mass is 16.5. The number of carbonyl (C=O) groups is 2. The minimum absolute atomic E-state index is 0.0561. The number of hydrogen-bond donors (Lipinski definition) is 0. The van der Waals surface area contributed by atoms with Crippen LogP contribution in [0, 0.1) is 0 Å². The zero-order valence-electron chi connectivity index (χ0n) is 21.6. The lowest BCUT2D eigenvalue weighted by molar-refractivity contribution is -0.136. The van der Waals surface area contributed by atoms with Gasteiger partial charge >= 0.3 is 6.03 Å². The maximum absolute atomic E-state index is 13.7. The van der Waals surface area contributed by atoms with Crippen LogP contribution in [0.4, 0.5) is 4.79 Å². The van der Waals surface area contributed by atoms with Crippen LogP contribution in [-0.4, -0.2) is 86.3 Å². The molecule has 2 aliphatic heterocycles. The summed E-state index contributed by atoms with van der Waals surface area (Å²) < 4.78 is 16.1. The van der Waals surface area contributed by atoms with Crippen molar-refractivity contribution in [3.05, 3.63) is 59.7 Å². The first-order chi connectivity index (χ1) is 17.5. The summed E-state index contributed by atoms with van der Waals surface area (Å²) >= 11 is 0. The Kier molecular flexibility index (Phi) is 8.48. The Hall–Kier alpha value is -3.10. The van der Waals surface area contributed by atoms with Gasteiger partial charge in [0.05, 0.1) is 20.8 Å². The number of nitrogens with zero attached hydrogens (tertiary/aromatic N) is 3. The average Bonchev–Trinajstić information content (AvgIpc) is 3.09. The number of carbonyl (C=O) groups excluding carboxylic acids is 2. The van der Waals surface area contributed by atoms with Crippen LogP contribution in [0.1, 0.15) is 30.4 Å². The van der Waals surface area contributed by atoms with E-state index in [0.29, 0.717) is 32.5 Å². The Morgan fingerprint density at radius 1 is 0.861 bits per heavy atom. The predicted molar refractivity (Wildman–Crippen MR) is 137 cm³/mol. The van der Waals surface area contributed by atoms with Crippen molar-refractivity contribution < 1.29 is 23.8 Å². The zero-order chi connectivity index (χ0) is 25.5. The Bertz CT molecular complexity index is 1010. The number of methoxy groups -OCH3 is 3. The molecule has 8 nitrogen and oxygen atoms in total. The first kappa shape index (κ1) is 26.0. The van der Waals surface area contributed by atoms with E-state index in [1.54, 1.807) is 26.2 Å². The molecule has 0 aliphatic carbocycles. The molecule has 2 heterocycles. The van der Waals surface area contributed by atoms with Crippen molar-refractivity contribution in [2.24, 2.45) is 0 Å². The highest BCUT2D eigenvalue weighted by molar-refractivity contribution is 6.07. The van der Waals surface area contributed by atoms with E-state index in [1.807, 2.05) is 36.4 Å². The maximum Gasteiger partial charge on any atom is 0.327 e. The number of amides is 3. The standard InChI is InChI=1S/C28H37N3O5/c1-34-17-16-31-27(33)30(13-7-10-22-8-5-4-6-9-22)26(32)28(31)11-14-29(15-12-28)21-23-18-24(35-2)20-25(19-23)36-3/h4-6,8-9,18-20H,7,10-17,21H2,1-3H3. The van der Waals surface area contributed by atoms with Gasteiger partial charge in [-0.25, -0.2) is 4.79 Å². The van der Waals surface area contributed by atoms with Gasteiger partial charge in [-0.1, -0.05) is 30.3 Å². The average molecular weight is 496 g/mol. The number of urea groups is 1. The van der Waals surface area contributed by atoms with Crippen LogP contribution in [-0.2, 0) is 22.5 Å². The molecule has 194 valence electrons. The van der Waals surface area contributed by atoms with E-state index < -0.39 is 5.54 Å². The van der Waals surface area contributed by atoms with Crippen molar-refractivity contribution in [3.63, 3.8) is 0 Å². The molecule has 0 aromatic heterocycles. The quantitative estimate of drug-likeness (QED) is 0.444. The number of piperidine rings is 1. The Balaban J connectivity index is 1.43. The van der Waals surface area contributed by atoms with Crippen molar-refractivity contribution >= 4 is 11.9 Å². The fraction of sp³-hybridized carbons (Fsp3) is 0.500. The van der Waals surface area contributed by atoms with Crippen LogP contribution in [0.3, 0.4) is 0 Å². The van der Waals surface area contributed by atoms with E-state index in [9.17, 15) is 9.59 Å². The third-order valence-electron chi connectivity index (χ3n) is 7.33. The van der Waals surface area contributed by atoms with Crippen LogP contribution in [0.15, 0.2) is 48.5 Å². The second-order valence-electron chi connectivity index (χ2n) is 9.50. The predicted octanol–water partition coefficient (Wildman–Crippen LogP) is 3.58. The van der Waals surface area contributed by atoms with Crippen LogP contribution in [0.25, 0.3) is 0 Å². The van der Waals surface area contributed by atoms with Crippen LogP contribution < -0.4 is 9.47 Å². The summed E-state index contributed by atoms with van der Waals surface area (Å²) in [6.45, 7) is 3.44. The van der Waals surface area contributed by atoms with Gasteiger partial charge < -0.3 is 19.1 Å². The van der Waals surface area contributed by atoms with Crippen molar-refractivity contribution in [2.45, 2.75) is 37.8 Å². The molecule has 3 amide bonds. The third-order valence-corrected chi connectivity index (χ3v) is 7.33. The Morgan fingerprint density at radius 2 is 1.53 bits per heavy atom. The molecule has 4 rings (SSSR count). The normalized spacial score (nSPS) is 17.8. The van der Waals surface area contributed by atoms with Crippen LogP contribution in [0.2, 0.25) is 0 Å². The van der Waals surface area contributed by atoms with E-state index in [0.717, 1.165) is 49.5 Å². The van der Waals surface area contributed by atoms with Gasteiger partial charge in [-0.05, 0) is 48.9 Å². The van der Waals surface area contributed by atoms with Crippen LogP contribution >= 0.6 is 0 Å². The van der Waals surface area contributed by atoms with Crippen LogP contribution in [0.5, 0.6) is 11.5 Å². The largest absolute Gasteiger partial charge is 0.497 e. The minimum atomic E-state index is -0.787. The number of aryl methyl sites for hydroxylation is 1. The molecular formula is C28H37N3O5. The van der Waals surface area contributed by atoms with E-state index in [2.05, 4.69) is 17.0 Å². The molecular weight excluding hydrogens is 458 g/mol. The lowest BCUT2D eigenvalue weighted by Crippen LogP contribution is -2.57. The topological polar surface area (TPSA) is 71.6 Å². The van der Waals surface area contributed by atoms with Gasteiger partial charge in [0.25, 0.3) is 5.91 Å². The summed E-state index contributed by atoms with van der Waals surface area (Å²) in [5.74, 6) is 1.46. The first-order valence-corrected chi connectivity index (χ1v) is 12.6. The molecule has 0 bridgehead atoms. The fourth-order valence-corrected chi connectivity index (χ4v) is 5.34. The number of rotatable bonds is 11. The van der Waals surface area contributed by atoms with E-state index in [-0.39, 0.29) is 11.9 Å². The molecule has 2 fully saturated rings. The van der Waals surface area contributed by atoms with Crippen molar-refractivity contribution in [2.75, 3.05) is 54.1 Å². The lowest BCUT2D eigenvalue weighted by Gasteiger charge is -2.42. The lowest BCUT2D eigenvalue weighted by atomic mass is 9.85. The number of likely N-dealkylation sites (tertiary alicyclic amines) is 1. The monoisotopic (exact) mass is 495 g/mol. The number of imide groups is 1. The molecule has 2 aromatic rings. The fourth-order valence-electron chi connectivity index (χ4n) is 5.34. The van der Waals surface area contributed by atoms with Gasteiger partial charge in [-0.2, -0.15) is 0 Å². The van der Waals surface area contributed by atoms with Crippen molar-refractivity contribution in [1.82, 2.24) is 14.7 Å². The first-order valence-electron chi connectivity index (χ1n) is 12.6. The van der Waals surface area contributed by atoms with E-state index in [1.165, 1.54) is 10.5 Å². The third kappa shape index (κ3) is 5.50. The summed E-state index contributed by atoms with van der Waals surface area (Å²) in [5.41, 5.74) is 1.52. The molecule has 0 radical (unpaired) electrons. The number of hydrogen-bond acceptors (Lipinski definition) is 6. The minimum Gasteiger partial charge on any atom is -0.497 e. The molecule has 1 spiro atoms. The zero-order valence-corrected chi connectivity index (χ0v) is 21.6. The van der Waals surface area contributed by atoms with E-state index >= 15 is 0 Å². The van der Waals surface area contributed by atoms with Crippen molar-refractivity contribution in [1.29, 1.82) is 0 Å². The summed E-state index contributed by atoms with van der Waals surface area (Å²) in [4.78, 5) is 32.7. The summed E-state index contributed by atoms with van der Waals surface area (Å²) in [5, 5.41) is 0. The second-order valence-corrected chi connectivity index (χ2v) is 9.50. The molecule has 2 aliphatic rings. The molecule has 36 heavy (non-hydrogen) atoms. The second kappa shape index (κ2) is 11.8. The molecule has 0 N–H and O–H groups in total. The van der Waals surface area contributed by atoms with E-state index in [4.69, 9.17) is 14.2 Å². The van der Waals surface area contributed by atoms with Crippen molar-refractivity contribution in [3.8, 4) is 11.5 Å². The molecule has 0 unspecified atom stereocenters. The van der Waals surface area contributed by atoms with Gasteiger partial charge in [-0.15, -0.1) is 0 Å². The molecule has 0 atom stereocenters. The SMILES string of the molecule is COCCN1C(=O)N(CCCc2ccccc2)C(=O)C12CCN(Cc1cc(OC)cc(OC)c1)CC2. The number of ether oxygens (including phenoxy) is 3. The number of benzene rings is 2. The van der Waals surface area contributed by atoms with Gasteiger partial charge in [0.15, 0.2) is 0 Å².